The van der Waals surface area contributed by atoms with E-state index < -0.39 is 17.9 Å². The molecule has 98 valence electrons. The van der Waals surface area contributed by atoms with Gasteiger partial charge in [-0.15, -0.1) is 0 Å². The van der Waals surface area contributed by atoms with Crippen molar-refractivity contribution in [2.75, 3.05) is 11.9 Å². The molecular formula is C12H15BrN2O3. The Balaban J connectivity index is 2.40. The van der Waals surface area contributed by atoms with Crippen molar-refractivity contribution < 1.29 is 14.7 Å². The van der Waals surface area contributed by atoms with E-state index >= 15 is 0 Å². The van der Waals surface area contributed by atoms with Crippen LogP contribution in [0.1, 0.15) is 13.3 Å². The molecule has 6 heteroatoms. The summed E-state index contributed by atoms with van der Waals surface area (Å²) >= 11 is 3.27. The number of carbonyl (C=O) groups excluding carboxylic acids is 2. The summed E-state index contributed by atoms with van der Waals surface area (Å²) in [7, 11) is 0. The lowest BCUT2D eigenvalue weighted by Crippen LogP contribution is -2.36. The number of amides is 2. The second kappa shape index (κ2) is 7.13. The first-order valence-corrected chi connectivity index (χ1v) is 6.31. The zero-order valence-corrected chi connectivity index (χ0v) is 11.5. The fraction of sp³-hybridized carbons (Fsp3) is 0.333. The average molecular weight is 315 g/mol. The molecule has 0 aliphatic carbocycles. The highest BCUT2D eigenvalue weighted by atomic mass is 79.9. The van der Waals surface area contributed by atoms with E-state index in [-0.39, 0.29) is 6.54 Å². The minimum atomic E-state index is -0.720. The van der Waals surface area contributed by atoms with Gasteiger partial charge in [0.05, 0.1) is 6.10 Å². The van der Waals surface area contributed by atoms with Gasteiger partial charge in [-0.2, -0.15) is 0 Å². The number of hydrogen-bond acceptors (Lipinski definition) is 3. The van der Waals surface area contributed by atoms with Crippen molar-refractivity contribution in [1.29, 1.82) is 0 Å². The number of hydrogen-bond donors (Lipinski definition) is 3. The smallest absolute Gasteiger partial charge is 0.313 e. The van der Waals surface area contributed by atoms with Gasteiger partial charge in [-0.3, -0.25) is 9.59 Å². The molecule has 1 aromatic carbocycles. The van der Waals surface area contributed by atoms with Gasteiger partial charge < -0.3 is 15.7 Å². The molecule has 0 heterocycles. The number of aliphatic hydroxyl groups is 1. The zero-order chi connectivity index (χ0) is 13.5. The van der Waals surface area contributed by atoms with Gasteiger partial charge in [0.1, 0.15) is 0 Å². The Kier molecular flexibility index (Phi) is 5.80. The quantitative estimate of drug-likeness (QED) is 0.732. The summed E-state index contributed by atoms with van der Waals surface area (Å²) in [6.07, 6.45) is -0.0862. The van der Waals surface area contributed by atoms with E-state index in [1.165, 1.54) is 0 Å². The average Bonchev–Trinajstić information content (AvgIpc) is 2.31. The Bertz CT molecular complexity index is 418. The van der Waals surface area contributed by atoms with Crippen LogP contribution in [0.2, 0.25) is 0 Å². The molecule has 3 N–H and O–H groups in total. The molecule has 0 saturated carbocycles. The van der Waals surface area contributed by atoms with Crippen LogP contribution < -0.4 is 10.6 Å². The number of nitrogens with one attached hydrogen (secondary N) is 2. The Labute approximate surface area is 114 Å². The highest BCUT2D eigenvalue weighted by Gasteiger charge is 2.13. The number of aliphatic hydroxyl groups excluding tert-OH is 1. The third-order valence-electron chi connectivity index (χ3n) is 2.16. The lowest BCUT2D eigenvalue weighted by molar-refractivity contribution is -0.136. The van der Waals surface area contributed by atoms with E-state index in [2.05, 4.69) is 26.6 Å². The molecule has 0 spiro atoms. The maximum Gasteiger partial charge on any atom is 0.313 e. The highest BCUT2D eigenvalue weighted by molar-refractivity contribution is 9.10. The largest absolute Gasteiger partial charge is 0.393 e. The Morgan fingerprint density at radius 3 is 2.44 bits per heavy atom. The summed E-state index contributed by atoms with van der Waals surface area (Å²) in [5, 5.41) is 13.9. The minimum absolute atomic E-state index is 0.268. The molecule has 0 aromatic heterocycles. The maximum absolute atomic E-state index is 11.5. The Morgan fingerprint density at radius 2 is 1.89 bits per heavy atom. The molecule has 0 aliphatic rings. The number of anilines is 1. The molecule has 0 saturated heterocycles. The molecule has 0 bridgehead atoms. The summed E-state index contributed by atoms with van der Waals surface area (Å²) in [6.45, 7) is 1.89. The van der Waals surface area contributed by atoms with Crippen molar-refractivity contribution in [1.82, 2.24) is 5.32 Å². The maximum atomic E-state index is 11.5. The predicted molar refractivity (Wildman–Crippen MR) is 72.1 cm³/mol. The minimum Gasteiger partial charge on any atom is -0.393 e. The molecule has 0 fully saturated rings. The molecule has 5 nitrogen and oxygen atoms in total. The fourth-order valence-corrected chi connectivity index (χ4v) is 1.46. The van der Waals surface area contributed by atoms with E-state index in [0.29, 0.717) is 12.1 Å². The molecule has 18 heavy (non-hydrogen) atoms. The van der Waals surface area contributed by atoms with Crippen LogP contribution in [0.3, 0.4) is 0 Å². The van der Waals surface area contributed by atoms with E-state index in [0.717, 1.165) is 4.47 Å². The first kappa shape index (κ1) is 14.7. The number of benzene rings is 1. The van der Waals surface area contributed by atoms with Gasteiger partial charge in [-0.1, -0.05) is 15.9 Å². The number of carbonyl (C=O) groups is 2. The summed E-state index contributed by atoms with van der Waals surface area (Å²) in [4.78, 5) is 22.9. The van der Waals surface area contributed by atoms with Crippen LogP contribution in [-0.2, 0) is 9.59 Å². The van der Waals surface area contributed by atoms with Crippen molar-refractivity contribution in [3.8, 4) is 0 Å². The molecule has 0 aliphatic heterocycles. The molecule has 1 rings (SSSR count). The summed E-state index contributed by atoms with van der Waals surface area (Å²) < 4.78 is 0.891. The van der Waals surface area contributed by atoms with Crippen LogP contribution in [0.15, 0.2) is 28.7 Å². The first-order chi connectivity index (χ1) is 8.49. The van der Waals surface area contributed by atoms with Crippen molar-refractivity contribution in [3.63, 3.8) is 0 Å². The molecule has 1 atom stereocenters. The lowest BCUT2D eigenvalue weighted by Gasteiger charge is -2.07. The van der Waals surface area contributed by atoms with Crippen molar-refractivity contribution >= 4 is 33.4 Å². The third-order valence-corrected chi connectivity index (χ3v) is 2.68. The van der Waals surface area contributed by atoms with Gasteiger partial charge in [0.25, 0.3) is 0 Å². The van der Waals surface area contributed by atoms with Gasteiger partial charge in [0, 0.05) is 16.7 Å². The predicted octanol–water partition coefficient (Wildman–Crippen LogP) is 1.27. The number of halogens is 1. The third kappa shape index (κ3) is 5.29. The molecular weight excluding hydrogens is 300 g/mol. The number of rotatable bonds is 4. The van der Waals surface area contributed by atoms with E-state index in [9.17, 15) is 9.59 Å². The zero-order valence-electron chi connectivity index (χ0n) is 9.94. The normalized spacial score (nSPS) is 11.7. The molecule has 1 unspecified atom stereocenters. The second-order valence-corrected chi connectivity index (χ2v) is 4.77. The van der Waals surface area contributed by atoms with E-state index in [1.807, 2.05) is 0 Å². The van der Waals surface area contributed by atoms with Crippen LogP contribution in [0, 0.1) is 0 Å². The van der Waals surface area contributed by atoms with Gasteiger partial charge in [-0.05, 0) is 37.6 Å². The van der Waals surface area contributed by atoms with Gasteiger partial charge >= 0.3 is 11.8 Å². The Morgan fingerprint density at radius 1 is 1.28 bits per heavy atom. The van der Waals surface area contributed by atoms with Crippen molar-refractivity contribution in [2.24, 2.45) is 0 Å². The highest BCUT2D eigenvalue weighted by Crippen LogP contribution is 2.13. The van der Waals surface area contributed by atoms with E-state index in [1.54, 1.807) is 31.2 Å². The van der Waals surface area contributed by atoms with Crippen LogP contribution in [0.4, 0.5) is 5.69 Å². The summed E-state index contributed by atoms with van der Waals surface area (Å²) in [5.74, 6) is -1.43. The molecule has 2 amide bonds. The second-order valence-electron chi connectivity index (χ2n) is 3.85. The Hall–Kier alpha value is -1.40. The van der Waals surface area contributed by atoms with Crippen LogP contribution >= 0.6 is 15.9 Å². The summed E-state index contributed by atoms with van der Waals surface area (Å²) in [5.41, 5.74) is 0.550. The lowest BCUT2D eigenvalue weighted by atomic mass is 10.3. The fourth-order valence-electron chi connectivity index (χ4n) is 1.20. The van der Waals surface area contributed by atoms with Gasteiger partial charge in [0.15, 0.2) is 0 Å². The topological polar surface area (TPSA) is 78.4 Å². The molecule has 1 aromatic rings. The van der Waals surface area contributed by atoms with Crippen LogP contribution in [-0.4, -0.2) is 29.6 Å². The SMILES string of the molecule is CC(O)CCNC(=O)C(=O)Nc1ccc(Br)cc1. The van der Waals surface area contributed by atoms with Crippen molar-refractivity contribution in [2.45, 2.75) is 19.4 Å². The monoisotopic (exact) mass is 314 g/mol. The van der Waals surface area contributed by atoms with Gasteiger partial charge in [-0.25, -0.2) is 0 Å². The van der Waals surface area contributed by atoms with Crippen LogP contribution in [0.25, 0.3) is 0 Å². The van der Waals surface area contributed by atoms with Crippen LogP contribution in [0.5, 0.6) is 0 Å². The van der Waals surface area contributed by atoms with E-state index in [4.69, 9.17) is 5.11 Å². The molecule has 0 radical (unpaired) electrons. The summed E-state index contributed by atoms with van der Waals surface area (Å²) in [6, 6.07) is 6.90. The first-order valence-electron chi connectivity index (χ1n) is 5.52. The van der Waals surface area contributed by atoms with Gasteiger partial charge in [0.2, 0.25) is 0 Å². The van der Waals surface area contributed by atoms with Crippen molar-refractivity contribution in [3.05, 3.63) is 28.7 Å². The standard InChI is InChI=1S/C12H15BrN2O3/c1-8(16)6-7-14-11(17)12(18)15-10-4-2-9(13)3-5-10/h2-5,8,16H,6-7H2,1H3,(H,14,17)(H,15,18).